The van der Waals surface area contributed by atoms with Crippen LogP contribution < -0.4 is 10.2 Å². The van der Waals surface area contributed by atoms with Gasteiger partial charge in [-0.3, -0.25) is 9.59 Å². The number of carbonyl (C=O) groups is 2. The fourth-order valence-electron chi connectivity index (χ4n) is 2.86. The molecule has 27 heavy (non-hydrogen) atoms. The maximum atomic E-state index is 13.2. The Morgan fingerprint density at radius 2 is 1.78 bits per heavy atom. The van der Waals surface area contributed by atoms with Gasteiger partial charge in [-0.05, 0) is 41.8 Å². The molecule has 1 N–H and O–H groups in total. The third-order valence-corrected chi connectivity index (χ3v) is 5.74. The van der Waals surface area contributed by atoms with E-state index in [1.807, 2.05) is 41.8 Å². The fourth-order valence-corrected chi connectivity index (χ4v) is 4.25. The van der Waals surface area contributed by atoms with Crippen LogP contribution in [-0.2, 0) is 9.59 Å². The quantitative estimate of drug-likeness (QED) is 0.520. The van der Waals surface area contributed by atoms with E-state index in [1.165, 1.54) is 11.3 Å². The van der Waals surface area contributed by atoms with Gasteiger partial charge in [-0.2, -0.15) is 0 Å². The highest BCUT2D eigenvalue weighted by atomic mass is 79.9. The zero-order chi connectivity index (χ0) is 19.0. The molecule has 0 fully saturated rings. The van der Waals surface area contributed by atoms with Crippen LogP contribution >= 0.6 is 38.9 Å². The molecule has 0 saturated carbocycles. The number of hydrogen-bond donors (Lipinski definition) is 1. The maximum Gasteiger partial charge on any atom is 0.282 e. The van der Waals surface area contributed by atoms with Crippen LogP contribution in [0.15, 0.2) is 76.2 Å². The molecule has 134 valence electrons. The van der Waals surface area contributed by atoms with Crippen molar-refractivity contribution in [3.05, 3.63) is 86.1 Å². The van der Waals surface area contributed by atoms with Gasteiger partial charge in [0.1, 0.15) is 5.70 Å². The highest BCUT2D eigenvalue weighted by Gasteiger charge is 2.41. The summed E-state index contributed by atoms with van der Waals surface area (Å²) in [5.41, 5.74) is 1.65. The van der Waals surface area contributed by atoms with Crippen molar-refractivity contribution in [3.8, 4) is 0 Å². The van der Waals surface area contributed by atoms with Crippen molar-refractivity contribution in [3.63, 3.8) is 0 Å². The van der Waals surface area contributed by atoms with Gasteiger partial charge in [0, 0.05) is 15.0 Å². The second kappa shape index (κ2) is 7.31. The van der Waals surface area contributed by atoms with E-state index in [9.17, 15) is 9.59 Å². The van der Waals surface area contributed by atoms with Gasteiger partial charge in [0.15, 0.2) is 0 Å². The van der Waals surface area contributed by atoms with Gasteiger partial charge in [0.2, 0.25) is 0 Å². The predicted octanol–water partition coefficient (Wildman–Crippen LogP) is 5.56. The molecule has 1 aliphatic heterocycles. The molecule has 0 bridgehead atoms. The number of halogens is 2. The van der Waals surface area contributed by atoms with Crippen LogP contribution in [0.5, 0.6) is 0 Å². The number of nitrogens with one attached hydrogen (secondary N) is 1. The van der Waals surface area contributed by atoms with Gasteiger partial charge < -0.3 is 5.32 Å². The minimum atomic E-state index is -0.434. The van der Waals surface area contributed by atoms with Crippen LogP contribution in [0.3, 0.4) is 0 Å². The molecule has 0 atom stereocenters. The molecule has 2 heterocycles. The first-order valence-corrected chi connectivity index (χ1v) is 10.1. The summed E-state index contributed by atoms with van der Waals surface area (Å²) in [5, 5.41) is 5.33. The fraction of sp³-hybridized carbons (Fsp3) is 0. The van der Waals surface area contributed by atoms with Crippen LogP contribution in [0.25, 0.3) is 5.57 Å². The van der Waals surface area contributed by atoms with Gasteiger partial charge >= 0.3 is 0 Å². The lowest BCUT2D eigenvalue weighted by atomic mass is 10.2. The van der Waals surface area contributed by atoms with Crippen molar-refractivity contribution in [1.82, 2.24) is 0 Å². The predicted molar refractivity (Wildman–Crippen MR) is 113 cm³/mol. The Bertz CT molecular complexity index is 1080. The summed E-state index contributed by atoms with van der Waals surface area (Å²) in [6.45, 7) is 0. The highest BCUT2D eigenvalue weighted by Crippen LogP contribution is 2.37. The lowest BCUT2D eigenvalue weighted by molar-refractivity contribution is -0.120. The summed E-state index contributed by atoms with van der Waals surface area (Å²) in [7, 11) is 0. The molecular formula is C20H12BrClN2O2S. The largest absolute Gasteiger partial charge is 0.350 e. The first kappa shape index (κ1) is 18.0. The third kappa shape index (κ3) is 3.32. The van der Waals surface area contributed by atoms with Crippen molar-refractivity contribution in [2.45, 2.75) is 0 Å². The Hall–Kier alpha value is -2.41. The topological polar surface area (TPSA) is 49.4 Å². The van der Waals surface area contributed by atoms with Crippen molar-refractivity contribution < 1.29 is 9.59 Å². The summed E-state index contributed by atoms with van der Waals surface area (Å²) in [6, 6.07) is 17.9. The summed E-state index contributed by atoms with van der Waals surface area (Å²) in [4.78, 5) is 28.2. The minimum absolute atomic E-state index is 0.237. The molecule has 2 aromatic carbocycles. The Kier molecular flexibility index (Phi) is 4.86. The number of benzene rings is 2. The number of para-hydroxylation sites is 1. The number of anilines is 2. The molecule has 3 aromatic rings. The Labute approximate surface area is 173 Å². The van der Waals surface area contributed by atoms with E-state index >= 15 is 0 Å². The van der Waals surface area contributed by atoms with Crippen LogP contribution in [0.1, 0.15) is 4.88 Å². The van der Waals surface area contributed by atoms with Crippen molar-refractivity contribution >= 4 is 67.6 Å². The van der Waals surface area contributed by atoms with Crippen LogP contribution in [0, 0.1) is 0 Å². The molecule has 4 nitrogen and oxygen atoms in total. The molecule has 4 rings (SSSR count). The summed E-state index contributed by atoms with van der Waals surface area (Å²) in [6.07, 6.45) is 0. The number of imide groups is 1. The Morgan fingerprint density at radius 3 is 2.48 bits per heavy atom. The SMILES string of the molecule is O=C1C(Nc2cccc(Br)c2)=C(c2cccs2)C(=O)N1c1ccccc1Cl. The van der Waals surface area contributed by atoms with Gasteiger partial charge in [-0.1, -0.05) is 51.8 Å². The van der Waals surface area contributed by atoms with E-state index in [0.29, 0.717) is 22.0 Å². The minimum Gasteiger partial charge on any atom is -0.350 e. The molecule has 0 radical (unpaired) electrons. The molecule has 1 aromatic heterocycles. The average Bonchev–Trinajstić information content (AvgIpc) is 3.24. The van der Waals surface area contributed by atoms with Gasteiger partial charge in [-0.15, -0.1) is 11.3 Å². The standard InChI is InChI=1S/C20H12BrClN2O2S/c21-12-5-3-6-13(11-12)23-18-17(16-9-4-10-27-16)19(25)24(20(18)26)15-8-2-1-7-14(15)22/h1-11,23H. The monoisotopic (exact) mass is 458 g/mol. The lowest BCUT2D eigenvalue weighted by Gasteiger charge is -2.16. The first-order chi connectivity index (χ1) is 13.1. The van der Waals surface area contributed by atoms with E-state index < -0.39 is 11.8 Å². The number of nitrogens with zero attached hydrogens (tertiary/aromatic N) is 1. The van der Waals surface area contributed by atoms with Crippen LogP contribution in [-0.4, -0.2) is 11.8 Å². The summed E-state index contributed by atoms with van der Waals surface area (Å²) in [5.74, 6) is -0.829. The van der Waals surface area contributed by atoms with E-state index in [2.05, 4.69) is 21.2 Å². The zero-order valence-corrected chi connectivity index (χ0v) is 16.9. The molecular weight excluding hydrogens is 448 g/mol. The van der Waals surface area contributed by atoms with E-state index in [4.69, 9.17) is 11.6 Å². The molecule has 2 amide bonds. The second-order valence-corrected chi connectivity index (χ2v) is 8.03. The van der Waals surface area contributed by atoms with E-state index in [1.54, 1.807) is 24.3 Å². The molecule has 0 aliphatic carbocycles. The summed E-state index contributed by atoms with van der Waals surface area (Å²) < 4.78 is 0.866. The van der Waals surface area contributed by atoms with Crippen LogP contribution in [0.4, 0.5) is 11.4 Å². The number of hydrogen-bond acceptors (Lipinski definition) is 4. The molecule has 1 aliphatic rings. The zero-order valence-electron chi connectivity index (χ0n) is 13.8. The van der Waals surface area contributed by atoms with Gasteiger partial charge in [0.05, 0.1) is 16.3 Å². The van der Waals surface area contributed by atoms with Gasteiger partial charge in [-0.25, -0.2) is 4.90 Å². The van der Waals surface area contributed by atoms with Crippen molar-refractivity contribution in [1.29, 1.82) is 0 Å². The summed E-state index contributed by atoms with van der Waals surface area (Å²) >= 11 is 11.1. The van der Waals surface area contributed by atoms with E-state index in [0.717, 1.165) is 14.2 Å². The normalized spacial score (nSPS) is 14.2. The third-order valence-electron chi connectivity index (χ3n) is 4.04. The molecule has 0 spiro atoms. The number of rotatable bonds is 4. The van der Waals surface area contributed by atoms with Crippen molar-refractivity contribution in [2.75, 3.05) is 10.2 Å². The first-order valence-electron chi connectivity index (χ1n) is 8.00. The maximum absolute atomic E-state index is 13.2. The van der Waals surface area contributed by atoms with E-state index in [-0.39, 0.29) is 5.70 Å². The average molecular weight is 460 g/mol. The number of amides is 2. The highest BCUT2D eigenvalue weighted by molar-refractivity contribution is 9.10. The van der Waals surface area contributed by atoms with Crippen molar-refractivity contribution in [2.24, 2.45) is 0 Å². The molecule has 0 saturated heterocycles. The molecule has 0 unspecified atom stereocenters. The second-order valence-electron chi connectivity index (χ2n) is 5.76. The Balaban J connectivity index is 1.82. The number of thiophene rings is 1. The van der Waals surface area contributed by atoms with Crippen LogP contribution in [0.2, 0.25) is 5.02 Å². The lowest BCUT2D eigenvalue weighted by Crippen LogP contribution is -2.32. The smallest absolute Gasteiger partial charge is 0.282 e. The molecule has 7 heteroatoms. The Morgan fingerprint density at radius 1 is 0.963 bits per heavy atom. The number of carbonyl (C=O) groups excluding carboxylic acids is 2. The van der Waals surface area contributed by atoms with Gasteiger partial charge in [0.25, 0.3) is 11.8 Å².